The minimum atomic E-state index is 0.947. The van der Waals surface area contributed by atoms with Crippen molar-refractivity contribution in [2.45, 2.75) is 32.2 Å². The van der Waals surface area contributed by atoms with Gasteiger partial charge in [0, 0.05) is 18.9 Å². The molecule has 1 aromatic rings. The molecule has 2 heterocycles. The highest BCUT2D eigenvalue weighted by atomic mass is 15.1. The SMILES string of the molecule is CN(CCCn1ccnc1)CCC1CCNCC1. The monoisotopic (exact) mass is 250 g/mol. The van der Waals surface area contributed by atoms with E-state index in [2.05, 4.69) is 26.8 Å². The molecule has 0 aliphatic carbocycles. The van der Waals surface area contributed by atoms with Crippen molar-refractivity contribution >= 4 is 0 Å². The quantitative estimate of drug-likeness (QED) is 0.798. The van der Waals surface area contributed by atoms with Crippen LogP contribution < -0.4 is 5.32 Å². The molecule has 1 aromatic heterocycles. The Kier molecular flexibility index (Phi) is 5.68. The summed E-state index contributed by atoms with van der Waals surface area (Å²) in [5.74, 6) is 0.947. The molecule has 0 amide bonds. The smallest absolute Gasteiger partial charge is 0.0945 e. The predicted octanol–water partition coefficient (Wildman–Crippen LogP) is 1.59. The van der Waals surface area contributed by atoms with Crippen LogP contribution in [-0.2, 0) is 6.54 Å². The van der Waals surface area contributed by atoms with E-state index in [0.717, 1.165) is 12.5 Å². The van der Waals surface area contributed by atoms with Gasteiger partial charge in [0.1, 0.15) is 0 Å². The molecule has 0 spiro atoms. The Morgan fingerprint density at radius 1 is 1.33 bits per heavy atom. The fraction of sp³-hybridized carbons (Fsp3) is 0.786. The molecule has 0 saturated carbocycles. The van der Waals surface area contributed by atoms with E-state index >= 15 is 0 Å². The number of aromatic nitrogens is 2. The van der Waals surface area contributed by atoms with Crippen LogP contribution in [0.4, 0.5) is 0 Å². The van der Waals surface area contributed by atoms with Crippen molar-refractivity contribution < 1.29 is 0 Å². The lowest BCUT2D eigenvalue weighted by atomic mass is 9.94. The molecule has 0 aromatic carbocycles. The second-order valence-corrected chi connectivity index (χ2v) is 5.44. The minimum Gasteiger partial charge on any atom is -0.337 e. The molecule has 1 aliphatic heterocycles. The normalized spacial score (nSPS) is 17.4. The lowest BCUT2D eigenvalue weighted by Crippen LogP contribution is -2.30. The molecule has 4 heteroatoms. The van der Waals surface area contributed by atoms with Gasteiger partial charge in [0.2, 0.25) is 0 Å². The summed E-state index contributed by atoms with van der Waals surface area (Å²) in [4.78, 5) is 6.53. The van der Waals surface area contributed by atoms with Gasteiger partial charge in [0.15, 0.2) is 0 Å². The fourth-order valence-corrected chi connectivity index (χ4v) is 2.63. The van der Waals surface area contributed by atoms with Crippen LogP contribution in [0.25, 0.3) is 0 Å². The van der Waals surface area contributed by atoms with Crippen LogP contribution >= 0.6 is 0 Å². The lowest BCUT2D eigenvalue weighted by molar-refractivity contribution is 0.266. The Morgan fingerprint density at radius 2 is 2.17 bits per heavy atom. The molecule has 2 rings (SSSR count). The van der Waals surface area contributed by atoms with Crippen LogP contribution in [0, 0.1) is 5.92 Å². The Balaban J connectivity index is 1.53. The predicted molar refractivity (Wildman–Crippen MR) is 74.6 cm³/mol. The van der Waals surface area contributed by atoms with Crippen LogP contribution in [0.1, 0.15) is 25.7 Å². The average molecular weight is 250 g/mol. The molecular formula is C14H26N4. The largest absolute Gasteiger partial charge is 0.337 e. The van der Waals surface area contributed by atoms with Crippen molar-refractivity contribution in [2.24, 2.45) is 5.92 Å². The van der Waals surface area contributed by atoms with E-state index in [-0.39, 0.29) is 0 Å². The van der Waals surface area contributed by atoms with Crippen molar-refractivity contribution in [2.75, 3.05) is 33.2 Å². The standard InChI is InChI=1S/C14H26N4/c1-17(9-2-10-18-12-8-16-13-18)11-5-14-3-6-15-7-4-14/h8,12-15H,2-7,9-11H2,1H3. The second kappa shape index (κ2) is 7.54. The van der Waals surface area contributed by atoms with Gasteiger partial charge in [-0.15, -0.1) is 0 Å². The van der Waals surface area contributed by atoms with E-state index in [1.807, 2.05) is 18.7 Å². The van der Waals surface area contributed by atoms with E-state index in [4.69, 9.17) is 0 Å². The highest BCUT2D eigenvalue weighted by Crippen LogP contribution is 2.15. The maximum Gasteiger partial charge on any atom is 0.0945 e. The lowest BCUT2D eigenvalue weighted by Gasteiger charge is -2.25. The Morgan fingerprint density at radius 3 is 2.89 bits per heavy atom. The summed E-state index contributed by atoms with van der Waals surface area (Å²) in [5.41, 5.74) is 0. The maximum absolute atomic E-state index is 4.06. The Hall–Kier alpha value is -0.870. The number of rotatable bonds is 7. The van der Waals surface area contributed by atoms with Gasteiger partial charge in [0.25, 0.3) is 0 Å². The number of piperidine rings is 1. The topological polar surface area (TPSA) is 33.1 Å². The van der Waals surface area contributed by atoms with Gasteiger partial charge >= 0.3 is 0 Å². The first-order valence-corrected chi connectivity index (χ1v) is 7.19. The molecule has 4 nitrogen and oxygen atoms in total. The Bertz CT molecular complexity index is 304. The highest BCUT2D eigenvalue weighted by molar-refractivity contribution is 4.74. The molecule has 0 atom stereocenters. The fourth-order valence-electron chi connectivity index (χ4n) is 2.63. The highest BCUT2D eigenvalue weighted by Gasteiger charge is 2.13. The summed E-state index contributed by atoms with van der Waals surface area (Å²) < 4.78 is 2.15. The first kappa shape index (κ1) is 13.6. The number of aryl methyl sites for hydroxylation is 1. The summed E-state index contributed by atoms with van der Waals surface area (Å²) in [6.45, 7) is 5.94. The van der Waals surface area contributed by atoms with Gasteiger partial charge in [0.05, 0.1) is 6.33 Å². The van der Waals surface area contributed by atoms with Crippen LogP contribution in [0.2, 0.25) is 0 Å². The number of hydrogen-bond donors (Lipinski definition) is 1. The van der Waals surface area contributed by atoms with Crippen molar-refractivity contribution in [3.63, 3.8) is 0 Å². The van der Waals surface area contributed by atoms with Gasteiger partial charge in [-0.2, -0.15) is 0 Å². The van der Waals surface area contributed by atoms with Gasteiger partial charge in [-0.05, 0) is 64.8 Å². The summed E-state index contributed by atoms with van der Waals surface area (Å²) in [6.07, 6.45) is 11.1. The summed E-state index contributed by atoms with van der Waals surface area (Å²) in [5, 5.41) is 3.43. The number of imidazole rings is 1. The Labute approximate surface area is 110 Å². The molecule has 1 N–H and O–H groups in total. The zero-order chi connectivity index (χ0) is 12.6. The molecule has 1 saturated heterocycles. The van der Waals surface area contributed by atoms with Crippen LogP contribution in [0.5, 0.6) is 0 Å². The third-order valence-electron chi connectivity index (χ3n) is 3.89. The summed E-state index contributed by atoms with van der Waals surface area (Å²) >= 11 is 0. The third-order valence-corrected chi connectivity index (χ3v) is 3.89. The molecular weight excluding hydrogens is 224 g/mol. The zero-order valence-corrected chi connectivity index (χ0v) is 11.5. The third kappa shape index (κ3) is 4.78. The van der Waals surface area contributed by atoms with Gasteiger partial charge < -0.3 is 14.8 Å². The first-order valence-electron chi connectivity index (χ1n) is 7.19. The van der Waals surface area contributed by atoms with Crippen LogP contribution in [0.15, 0.2) is 18.7 Å². The van der Waals surface area contributed by atoms with Crippen molar-refractivity contribution in [1.29, 1.82) is 0 Å². The molecule has 102 valence electrons. The molecule has 0 unspecified atom stereocenters. The van der Waals surface area contributed by atoms with Gasteiger partial charge in [-0.25, -0.2) is 4.98 Å². The molecule has 0 radical (unpaired) electrons. The zero-order valence-electron chi connectivity index (χ0n) is 11.5. The molecule has 1 aliphatic rings. The summed E-state index contributed by atoms with van der Waals surface area (Å²) in [7, 11) is 2.25. The molecule has 0 bridgehead atoms. The number of nitrogens with one attached hydrogen (secondary N) is 1. The summed E-state index contributed by atoms with van der Waals surface area (Å²) in [6, 6.07) is 0. The van der Waals surface area contributed by atoms with Gasteiger partial charge in [-0.3, -0.25) is 0 Å². The van der Waals surface area contributed by atoms with Gasteiger partial charge in [-0.1, -0.05) is 0 Å². The van der Waals surface area contributed by atoms with E-state index in [1.165, 1.54) is 51.9 Å². The minimum absolute atomic E-state index is 0.947. The van der Waals surface area contributed by atoms with Crippen molar-refractivity contribution in [3.8, 4) is 0 Å². The van der Waals surface area contributed by atoms with E-state index in [9.17, 15) is 0 Å². The van der Waals surface area contributed by atoms with Crippen LogP contribution in [0.3, 0.4) is 0 Å². The second-order valence-electron chi connectivity index (χ2n) is 5.44. The van der Waals surface area contributed by atoms with Crippen molar-refractivity contribution in [3.05, 3.63) is 18.7 Å². The average Bonchev–Trinajstić information content (AvgIpc) is 2.91. The maximum atomic E-state index is 4.06. The molecule has 1 fully saturated rings. The number of hydrogen-bond acceptors (Lipinski definition) is 3. The van der Waals surface area contributed by atoms with E-state index in [0.29, 0.717) is 0 Å². The number of nitrogens with zero attached hydrogens (tertiary/aromatic N) is 3. The van der Waals surface area contributed by atoms with Crippen molar-refractivity contribution in [1.82, 2.24) is 19.8 Å². The van der Waals surface area contributed by atoms with Crippen LogP contribution in [-0.4, -0.2) is 47.7 Å². The van der Waals surface area contributed by atoms with E-state index in [1.54, 1.807) is 0 Å². The van der Waals surface area contributed by atoms with E-state index < -0.39 is 0 Å². The molecule has 18 heavy (non-hydrogen) atoms. The first-order chi connectivity index (χ1) is 8.84.